The van der Waals surface area contributed by atoms with E-state index in [-0.39, 0.29) is 5.91 Å². The van der Waals surface area contributed by atoms with Gasteiger partial charge in [0.1, 0.15) is 0 Å². The van der Waals surface area contributed by atoms with Crippen molar-refractivity contribution in [2.24, 2.45) is 5.11 Å². The Morgan fingerprint density at radius 2 is 1.45 bits per heavy atom. The normalized spacial score (nSPS) is 10.2. The molecule has 0 aromatic heterocycles. The average molecular weight is 383 g/mol. The van der Waals surface area contributed by atoms with Crippen LogP contribution in [0.2, 0.25) is 0 Å². The van der Waals surface area contributed by atoms with Crippen LogP contribution in [0.15, 0.2) is 5.11 Å². The summed E-state index contributed by atoms with van der Waals surface area (Å²) in [5.74, 6) is -0.0567. The lowest BCUT2D eigenvalue weighted by Crippen LogP contribution is -2.28. The van der Waals surface area contributed by atoms with Crippen molar-refractivity contribution in [2.45, 2.75) is 0 Å². The molecular formula is C12H23BrN4O5. The molecule has 0 fully saturated rings. The lowest BCUT2D eigenvalue weighted by atomic mass is 10.6. The van der Waals surface area contributed by atoms with Gasteiger partial charge >= 0.3 is 0 Å². The maximum atomic E-state index is 10.9. The first-order chi connectivity index (χ1) is 10.8. The van der Waals surface area contributed by atoms with Gasteiger partial charge in [0.2, 0.25) is 5.91 Å². The summed E-state index contributed by atoms with van der Waals surface area (Å²) in [4.78, 5) is 13.5. The Bertz CT molecular complexity index is 316. The molecule has 0 heterocycles. The highest BCUT2D eigenvalue weighted by atomic mass is 79.9. The number of hydrogen-bond donors (Lipinski definition) is 1. The zero-order valence-electron chi connectivity index (χ0n) is 12.5. The number of halogens is 1. The van der Waals surface area contributed by atoms with Crippen LogP contribution in [0.25, 0.3) is 10.4 Å². The Balaban J connectivity index is 3.02. The van der Waals surface area contributed by atoms with E-state index in [2.05, 4.69) is 31.3 Å². The SMILES string of the molecule is [N-]=[N+]=NCCOCCOCCOCCOCCNC(=O)CBr. The van der Waals surface area contributed by atoms with Gasteiger partial charge in [-0.3, -0.25) is 4.79 Å². The van der Waals surface area contributed by atoms with E-state index in [9.17, 15) is 4.79 Å². The number of nitrogens with one attached hydrogen (secondary N) is 1. The number of rotatable bonds is 16. The first-order valence-corrected chi connectivity index (χ1v) is 8.08. The monoisotopic (exact) mass is 382 g/mol. The van der Waals surface area contributed by atoms with E-state index in [1.807, 2.05) is 0 Å². The fourth-order valence-electron chi connectivity index (χ4n) is 1.22. The van der Waals surface area contributed by atoms with Gasteiger partial charge < -0.3 is 24.3 Å². The van der Waals surface area contributed by atoms with Gasteiger partial charge in [-0.25, -0.2) is 0 Å². The third kappa shape index (κ3) is 17.2. The number of amides is 1. The van der Waals surface area contributed by atoms with Crippen LogP contribution >= 0.6 is 15.9 Å². The second kappa shape index (κ2) is 18.1. The van der Waals surface area contributed by atoms with Crippen molar-refractivity contribution in [1.82, 2.24) is 5.32 Å². The van der Waals surface area contributed by atoms with Crippen molar-refractivity contribution in [3.63, 3.8) is 0 Å². The molecule has 0 spiro atoms. The van der Waals surface area contributed by atoms with Crippen LogP contribution in [0.1, 0.15) is 0 Å². The molecule has 0 aromatic carbocycles. The number of ether oxygens (including phenoxy) is 4. The molecule has 22 heavy (non-hydrogen) atoms. The summed E-state index contributed by atoms with van der Waals surface area (Å²) in [6.45, 7) is 4.57. The summed E-state index contributed by atoms with van der Waals surface area (Å²) in [5, 5.41) is 6.31. The molecule has 128 valence electrons. The van der Waals surface area contributed by atoms with Gasteiger partial charge in [0.25, 0.3) is 0 Å². The quantitative estimate of drug-likeness (QED) is 0.140. The Labute approximate surface area is 138 Å². The smallest absolute Gasteiger partial charge is 0.230 e. The largest absolute Gasteiger partial charge is 0.379 e. The molecule has 0 aliphatic heterocycles. The molecule has 0 saturated carbocycles. The maximum Gasteiger partial charge on any atom is 0.230 e. The van der Waals surface area contributed by atoms with Crippen LogP contribution < -0.4 is 5.32 Å². The molecule has 1 N–H and O–H groups in total. The van der Waals surface area contributed by atoms with Gasteiger partial charge in [-0.2, -0.15) is 0 Å². The van der Waals surface area contributed by atoms with E-state index in [1.54, 1.807) is 0 Å². The van der Waals surface area contributed by atoms with E-state index in [4.69, 9.17) is 24.5 Å². The van der Waals surface area contributed by atoms with E-state index in [0.29, 0.717) is 71.3 Å². The molecule has 0 aromatic rings. The molecule has 0 bridgehead atoms. The van der Waals surface area contributed by atoms with Gasteiger partial charge in [0.15, 0.2) is 0 Å². The molecule has 1 amide bonds. The maximum absolute atomic E-state index is 10.9. The molecule has 0 rings (SSSR count). The lowest BCUT2D eigenvalue weighted by molar-refractivity contribution is -0.118. The van der Waals surface area contributed by atoms with Crippen molar-refractivity contribution in [2.75, 3.05) is 71.3 Å². The standard InChI is InChI=1S/C12H23BrN4O5/c13-11-12(18)15-1-3-19-5-7-21-9-10-22-8-6-20-4-2-16-17-14/h1-11H2,(H,15,18). The fourth-order valence-corrected chi connectivity index (χ4v) is 1.42. The number of azide groups is 1. The Hall–Kier alpha value is -0.900. The van der Waals surface area contributed by atoms with Gasteiger partial charge in [0, 0.05) is 18.0 Å². The van der Waals surface area contributed by atoms with Crippen LogP contribution in [0.3, 0.4) is 0 Å². The van der Waals surface area contributed by atoms with Crippen LogP contribution in [0.5, 0.6) is 0 Å². The summed E-state index contributed by atoms with van der Waals surface area (Å²) in [5.41, 5.74) is 8.04. The fraction of sp³-hybridized carbons (Fsp3) is 0.917. The Kier molecular flexibility index (Phi) is 17.4. The van der Waals surface area contributed by atoms with E-state index in [1.165, 1.54) is 0 Å². The molecule has 9 nitrogen and oxygen atoms in total. The molecule has 0 aliphatic carbocycles. The van der Waals surface area contributed by atoms with Crippen molar-refractivity contribution in [3.05, 3.63) is 10.4 Å². The molecule has 0 unspecified atom stereocenters. The summed E-state index contributed by atoms with van der Waals surface area (Å²) < 4.78 is 21.0. The highest BCUT2D eigenvalue weighted by molar-refractivity contribution is 9.09. The average Bonchev–Trinajstić information content (AvgIpc) is 2.54. The lowest BCUT2D eigenvalue weighted by Gasteiger charge is -2.07. The highest BCUT2D eigenvalue weighted by Crippen LogP contribution is 1.84. The van der Waals surface area contributed by atoms with Crippen molar-refractivity contribution >= 4 is 21.8 Å². The van der Waals surface area contributed by atoms with Gasteiger partial charge in [-0.05, 0) is 5.53 Å². The molecule has 0 atom stereocenters. The number of hydrogen-bond acceptors (Lipinski definition) is 6. The number of alkyl halides is 1. The number of carbonyl (C=O) groups excluding carboxylic acids is 1. The zero-order chi connectivity index (χ0) is 16.3. The van der Waals surface area contributed by atoms with Crippen molar-refractivity contribution in [3.8, 4) is 0 Å². The minimum atomic E-state index is -0.0567. The van der Waals surface area contributed by atoms with Gasteiger partial charge in [0.05, 0.1) is 58.2 Å². The van der Waals surface area contributed by atoms with Gasteiger partial charge in [-0.15, -0.1) is 0 Å². The molecule has 0 aliphatic rings. The third-order valence-electron chi connectivity index (χ3n) is 2.20. The second-order valence-corrected chi connectivity index (χ2v) is 4.45. The summed E-state index contributed by atoms with van der Waals surface area (Å²) in [6.07, 6.45) is 0. The van der Waals surface area contributed by atoms with Crippen LogP contribution in [-0.4, -0.2) is 77.2 Å². The first-order valence-electron chi connectivity index (χ1n) is 6.95. The number of carbonyl (C=O) groups is 1. The number of nitrogens with zero attached hydrogens (tertiary/aromatic N) is 3. The van der Waals surface area contributed by atoms with Crippen LogP contribution in [0.4, 0.5) is 0 Å². The minimum absolute atomic E-state index is 0.0567. The Morgan fingerprint density at radius 1 is 0.955 bits per heavy atom. The summed E-state index contributed by atoms with van der Waals surface area (Å²) in [7, 11) is 0. The second-order valence-electron chi connectivity index (χ2n) is 3.89. The first kappa shape index (κ1) is 21.1. The molecule has 0 radical (unpaired) electrons. The Morgan fingerprint density at radius 3 is 1.95 bits per heavy atom. The van der Waals surface area contributed by atoms with Gasteiger partial charge in [-0.1, -0.05) is 21.0 Å². The molecule has 0 saturated heterocycles. The predicted octanol–water partition coefficient (Wildman–Crippen LogP) is 0.874. The topological polar surface area (TPSA) is 115 Å². The van der Waals surface area contributed by atoms with Crippen LogP contribution in [-0.2, 0) is 23.7 Å². The van der Waals surface area contributed by atoms with E-state index >= 15 is 0 Å². The molecular weight excluding hydrogens is 360 g/mol. The summed E-state index contributed by atoms with van der Waals surface area (Å²) in [6, 6.07) is 0. The van der Waals surface area contributed by atoms with Crippen LogP contribution in [0, 0.1) is 0 Å². The minimum Gasteiger partial charge on any atom is -0.379 e. The van der Waals surface area contributed by atoms with E-state index in [0.717, 1.165) is 0 Å². The zero-order valence-corrected chi connectivity index (χ0v) is 14.1. The predicted molar refractivity (Wildman–Crippen MR) is 84.1 cm³/mol. The molecule has 10 heteroatoms. The van der Waals surface area contributed by atoms with E-state index < -0.39 is 0 Å². The summed E-state index contributed by atoms with van der Waals surface area (Å²) >= 11 is 3.05. The van der Waals surface area contributed by atoms with Crippen molar-refractivity contribution < 1.29 is 23.7 Å². The third-order valence-corrected chi connectivity index (χ3v) is 2.71. The highest BCUT2D eigenvalue weighted by Gasteiger charge is 1.96. The van der Waals surface area contributed by atoms with Crippen molar-refractivity contribution in [1.29, 1.82) is 0 Å².